The van der Waals surface area contributed by atoms with Gasteiger partial charge in [-0.15, -0.1) is 0 Å². The highest BCUT2D eigenvalue weighted by molar-refractivity contribution is 6.03. The summed E-state index contributed by atoms with van der Waals surface area (Å²) >= 11 is 0. The molecule has 1 unspecified atom stereocenters. The molecule has 184 valence electrons. The van der Waals surface area contributed by atoms with E-state index < -0.39 is 11.0 Å². The van der Waals surface area contributed by atoms with Crippen LogP contribution < -0.4 is 4.90 Å². The zero-order valence-electron chi connectivity index (χ0n) is 20.9. The third-order valence-electron chi connectivity index (χ3n) is 7.48. The third kappa shape index (κ3) is 3.91. The van der Waals surface area contributed by atoms with Crippen molar-refractivity contribution in [2.24, 2.45) is 5.41 Å². The molecule has 1 saturated heterocycles. The second-order valence-electron chi connectivity index (χ2n) is 10.5. The summed E-state index contributed by atoms with van der Waals surface area (Å²) < 4.78 is 15.3. The van der Waals surface area contributed by atoms with Gasteiger partial charge in [-0.05, 0) is 60.0 Å². The number of benzene rings is 4. The molecule has 0 saturated carbocycles. The number of aromatic nitrogens is 2. The molecule has 6 rings (SSSR count). The largest absolute Gasteiger partial charge is 0.301 e. The van der Waals surface area contributed by atoms with Crippen molar-refractivity contribution >= 4 is 22.5 Å². The number of nitrogens with zero attached hydrogens (tertiary/aromatic N) is 3. The third-order valence-corrected chi connectivity index (χ3v) is 7.48. The molecule has 37 heavy (non-hydrogen) atoms. The fraction of sp³-hybridized carbons (Fsp3) is 0.188. The molecule has 1 aromatic heterocycles. The fourth-order valence-electron chi connectivity index (χ4n) is 5.85. The van der Waals surface area contributed by atoms with E-state index in [1.165, 1.54) is 17.7 Å². The van der Waals surface area contributed by atoms with E-state index >= 15 is 0 Å². The van der Waals surface area contributed by atoms with Gasteiger partial charge < -0.3 is 4.90 Å². The van der Waals surface area contributed by atoms with Crippen LogP contribution in [0.15, 0.2) is 109 Å². The summed E-state index contributed by atoms with van der Waals surface area (Å²) in [5.41, 5.74) is 3.77. The Bertz CT molecular complexity index is 1580. The molecular formula is C32H28FN3O. The number of amides is 1. The van der Waals surface area contributed by atoms with Crippen LogP contribution in [0.4, 0.5) is 10.1 Å². The second-order valence-corrected chi connectivity index (χ2v) is 10.5. The van der Waals surface area contributed by atoms with Gasteiger partial charge in [0.05, 0.1) is 22.9 Å². The van der Waals surface area contributed by atoms with Gasteiger partial charge in [0.1, 0.15) is 5.82 Å². The molecule has 0 aliphatic carbocycles. The van der Waals surface area contributed by atoms with Crippen LogP contribution in [0.25, 0.3) is 16.6 Å². The lowest BCUT2D eigenvalue weighted by Crippen LogP contribution is -2.45. The van der Waals surface area contributed by atoms with E-state index in [0.717, 1.165) is 27.8 Å². The van der Waals surface area contributed by atoms with Crippen molar-refractivity contribution in [3.05, 3.63) is 126 Å². The van der Waals surface area contributed by atoms with Gasteiger partial charge in [-0.25, -0.2) is 9.07 Å². The Kier molecular flexibility index (Phi) is 5.45. The van der Waals surface area contributed by atoms with Gasteiger partial charge in [0.2, 0.25) is 5.91 Å². The average Bonchev–Trinajstić information content (AvgIpc) is 3.41. The number of rotatable bonds is 5. The van der Waals surface area contributed by atoms with Crippen molar-refractivity contribution in [2.75, 3.05) is 4.90 Å². The minimum Gasteiger partial charge on any atom is -0.301 e. The molecule has 1 atom stereocenters. The first-order valence-electron chi connectivity index (χ1n) is 12.6. The molecule has 1 aliphatic heterocycles. The molecule has 1 fully saturated rings. The van der Waals surface area contributed by atoms with Gasteiger partial charge in [0.25, 0.3) is 0 Å². The maximum Gasteiger partial charge on any atom is 0.233 e. The molecule has 0 radical (unpaired) electrons. The molecule has 1 aliphatic rings. The summed E-state index contributed by atoms with van der Waals surface area (Å²) in [4.78, 5) is 16.1. The first-order valence-corrected chi connectivity index (χ1v) is 12.6. The van der Waals surface area contributed by atoms with Gasteiger partial charge in [0.15, 0.2) is 0 Å². The smallest absolute Gasteiger partial charge is 0.233 e. The highest BCUT2D eigenvalue weighted by atomic mass is 19.1. The van der Waals surface area contributed by atoms with Crippen molar-refractivity contribution in [3.63, 3.8) is 0 Å². The lowest BCUT2D eigenvalue weighted by atomic mass is 9.76. The van der Waals surface area contributed by atoms with E-state index in [0.29, 0.717) is 12.8 Å². The summed E-state index contributed by atoms with van der Waals surface area (Å²) in [6, 6.07) is 33.1. The number of carbonyl (C=O) groups is 1. The first kappa shape index (κ1) is 23.2. The van der Waals surface area contributed by atoms with Crippen LogP contribution in [0.1, 0.15) is 31.4 Å². The molecule has 4 aromatic carbocycles. The molecular weight excluding hydrogens is 461 g/mol. The normalized spacial score (nSPS) is 19.0. The SMILES string of the molecule is CC1(C)CC(Cc2ccccc2)(c2ccccc2)N(c2ccc3c(cnn3-c3ccc(F)cc3)c2)C1=O. The van der Waals surface area contributed by atoms with Crippen molar-refractivity contribution in [3.8, 4) is 5.69 Å². The maximum atomic E-state index is 14.1. The molecule has 5 aromatic rings. The number of hydrogen-bond donors (Lipinski definition) is 0. The van der Waals surface area contributed by atoms with Gasteiger partial charge in [-0.3, -0.25) is 4.79 Å². The topological polar surface area (TPSA) is 38.1 Å². The lowest BCUT2D eigenvalue weighted by Gasteiger charge is -2.39. The van der Waals surface area contributed by atoms with Crippen molar-refractivity contribution < 1.29 is 9.18 Å². The lowest BCUT2D eigenvalue weighted by molar-refractivity contribution is -0.124. The Morgan fingerprint density at radius 3 is 2.19 bits per heavy atom. The summed E-state index contributed by atoms with van der Waals surface area (Å²) in [5.74, 6) is -0.175. The van der Waals surface area contributed by atoms with Gasteiger partial charge in [-0.2, -0.15) is 5.10 Å². The minimum absolute atomic E-state index is 0.109. The summed E-state index contributed by atoms with van der Waals surface area (Å²) in [7, 11) is 0. The van der Waals surface area contributed by atoms with Crippen molar-refractivity contribution in [1.29, 1.82) is 0 Å². The van der Waals surface area contributed by atoms with Gasteiger partial charge >= 0.3 is 0 Å². The van der Waals surface area contributed by atoms with Crippen molar-refractivity contribution in [2.45, 2.75) is 32.2 Å². The number of fused-ring (bicyclic) bond motifs is 1. The monoisotopic (exact) mass is 489 g/mol. The zero-order valence-corrected chi connectivity index (χ0v) is 20.9. The number of hydrogen-bond acceptors (Lipinski definition) is 2. The van der Waals surface area contributed by atoms with Crippen LogP contribution in [-0.4, -0.2) is 15.7 Å². The van der Waals surface area contributed by atoms with Crippen LogP contribution >= 0.6 is 0 Å². The van der Waals surface area contributed by atoms with Crippen LogP contribution in [-0.2, 0) is 16.8 Å². The highest BCUT2D eigenvalue weighted by Crippen LogP contribution is 2.52. The van der Waals surface area contributed by atoms with E-state index in [-0.39, 0.29) is 11.7 Å². The zero-order chi connectivity index (χ0) is 25.6. The van der Waals surface area contributed by atoms with E-state index in [1.54, 1.807) is 23.0 Å². The van der Waals surface area contributed by atoms with Crippen LogP contribution in [0.5, 0.6) is 0 Å². The summed E-state index contributed by atoms with van der Waals surface area (Å²) in [6.07, 6.45) is 3.21. The van der Waals surface area contributed by atoms with Crippen LogP contribution in [0.3, 0.4) is 0 Å². The Balaban J connectivity index is 1.51. The predicted molar refractivity (Wildman–Crippen MR) is 145 cm³/mol. The minimum atomic E-state index is -0.538. The Labute approximate surface area is 216 Å². The first-order chi connectivity index (χ1) is 17.9. The van der Waals surface area contributed by atoms with E-state index in [1.807, 2.05) is 61.2 Å². The van der Waals surface area contributed by atoms with Crippen molar-refractivity contribution in [1.82, 2.24) is 9.78 Å². The molecule has 4 nitrogen and oxygen atoms in total. The Morgan fingerprint density at radius 1 is 0.838 bits per heavy atom. The van der Waals surface area contributed by atoms with E-state index in [4.69, 9.17) is 0 Å². The molecule has 0 N–H and O–H groups in total. The standard InChI is InChI=1S/C32H28FN3O/c1-31(2)22-32(25-11-7-4-8-12-25,20-23-9-5-3-6-10-23)35(30(31)37)28-17-18-29-24(19-28)21-34-36(29)27-15-13-26(33)14-16-27/h3-19,21H,20,22H2,1-2H3. The summed E-state index contributed by atoms with van der Waals surface area (Å²) in [6.45, 7) is 4.09. The number of anilines is 1. The number of carbonyl (C=O) groups excluding carboxylic acids is 1. The van der Waals surface area contributed by atoms with Crippen LogP contribution in [0.2, 0.25) is 0 Å². The Hall–Kier alpha value is -4.25. The van der Waals surface area contributed by atoms with E-state index in [2.05, 4.69) is 41.5 Å². The maximum absolute atomic E-state index is 14.1. The van der Waals surface area contributed by atoms with Gasteiger partial charge in [-0.1, -0.05) is 74.5 Å². The van der Waals surface area contributed by atoms with E-state index in [9.17, 15) is 9.18 Å². The quantitative estimate of drug-likeness (QED) is 0.265. The fourth-order valence-corrected chi connectivity index (χ4v) is 5.85. The average molecular weight is 490 g/mol. The second kappa shape index (κ2) is 8.70. The molecule has 1 amide bonds. The molecule has 5 heteroatoms. The van der Waals surface area contributed by atoms with Gasteiger partial charge in [0, 0.05) is 22.9 Å². The number of halogens is 1. The molecule has 2 heterocycles. The molecule has 0 bridgehead atoms. The predicted octanol–water partition coefficient (Wildman–Crippen LogP) is 7.07. The van der Waals surface area contributed by atoms with Crippen LogP contribution in [0, 0.1) is 11.2 Å². The molecule has 0 spiro atoms. The highest BCUT2D eigenvalue weighted by Gasteiger charge is 2.56. The summed E-state index contributed by atoms with van der Waals surface area (Å²) in [5, 5.41) is 5.48. The Morgan fingerprint density at radius 2 is 1.49 bits per heavy atom.